The zero-order valence-electron chi connectivity index (χ0n) is 26.7. The third kappa shape index (κ3) is 12.6. The van der Waals surface area contributed by atoms with Gasteiger partial charge in [0.1, 0.15) is 5.75 Å². The van der Waals surface area contributed by atoms with Gasteiger partial charge in [-0.3, -0.25) is 9.69 Å². The number of carbonyl (C=O) groups is 3. The Kier molecular flexibility index (Phi) is 13.9. The quantitative estimate of drug-likeness (QED) is 0.335. The van der Waals surface area contributed by atoms with Gasteiger partial charge in [-0.05, 0) is 67.5 Å². The summed E-state index contributed by atoms with van der Waals surface area (Å²) in [6.07, 6.45) is -6.76. The van der Waals surface area contributed by atoms with Crippen molar-refractivity contribution in [3.63, 3.8) is 0 Å². The second kappa shape index (κ2) is 16.7. The lowest BCUT2D eigenvalue weighted by atomic mass is 9.77. The number of aliphatic carboxylic acids is 2. The maximum absolute atomic E-state index is 13.0. The molecule has 262 valence electrons. The van der Waals surface area contributed by atoms with E-state index in [1.54, 1.807) is 0 Å². The molecule has 0 aliphatic carbocycles. The third-order valence-corrected chi connectivity index (χ3v) is 7.68. The van der Waals surface area contributed by atoms with Crippen LogP contribution in [0.4, 0.5) is 32.0 Å². The van der Waals surface area contributed by atoms with Crippen molar-refractivity contribution in [1.82, 2.24) is 9.80 Å². The SMILES string of the molecule is CC(C)COc1ccccc1CN1CCC2(CCN(C(=O)c3ccc(N(C)C)cc3)CC2)C1.O=C(O)C(F)(F)F.O=C(O)C(F)(F)F. The highest BCUT2D eigenvalue weighted by Crippen LogP contribution is 2.41. The van der Waals surface area contributed by atoms with E-state index >= 15 is 0 Å². The molecule has 0 aromatic heterocycles. The van der Waals surface area contributed by atoms with E-state index in [9.17, 15) is 31.1 Å². The molecule has 2 aliphatic heterocycles. The lowest BCUT2D eigenvalue weighted by Crippen LogP contribution is -2.44. The summed E-state index contributed by atoms with van der Waals surface area (Å²) in [4.78, 5) is 37.5. The Morgan fingerprint density at radius 2 is 1.34 bits per heavy atom. The monoisotopic (exact) mass is 677 g/mol. The number of piperidine rings is 1. The highest BCUT2D eigenvalue weighted by atomic mass is 19.4. The standard InChI is InChI=1S/C28H39N3O2.2C2HF3O2/c1-22(2)20-33-26-8-6-5-7-24(26)19-30-16-13-28(21-30)14-17-31(18-15-28)27(32)23-9-11-25(12-10-23)29(3)4;2*3-2(4,5)1(6)7/h5-12,22H,13-21H2,1-4H3;2*(H,6,7). The molecule has 2 aromatic carbocycles. The Morgan fingerprint density at radius 3 is 1.81 bits per heavy atom. The topological polar surface area (TPSA) is 111 Å². The van der Waals surface area contributed by atoms with E-state index in [0.717, 1.165) is 69.2 Å². The third-order valence-electron chi connectivity index (χ3n) is 7.68. The minimum absolute atomic E-state index is 0.168. The molecule has 2 heterocycles. The fourth-order valence-corrected chi connectivity index (χ4v) is 5.11. The second-order valence-electron chi connectivity index (χ2n) is 12.1. The normalized spacial score (nSPS) is 16.1. The molecule has 0 radical (unpaired) electrons. The number of amides is 1. The molecule has 1 spiro atoms. The average molecular weight is 678 g/mol. The largest absolute Gasteiger partial charge is 0.493 e. The summed E-state index contributed by atoms with van der Waals surface area (Å²) in [7, 11) is 4.03. The smallest absolute Gasteiger partial charge is 0.490 e. The lowest BCUT2D eigenvalue weighted by molar-refractivity contribution is -0.193. The lowest BCUT2D eigenvalue weighted by Gasteiger charge is -2.39. The van der Waals surface area contributed by atoms with Crippen molar-refractivity contribution >= 4 is 23.5 Å². The van der Waals surface area contributed by atoms with Crippen LogP contribution in [0.15, 0.2) is 48.5 Å². The zero-order chi connectivity index (χ0) is 35.6. The van der Waals surface area contributed by atoms with Crippen LogP contribution < -0.4 is 9.64 Å². The van der Waals surface area contributed by atoms with E-state index in [-0.39, 0.29) is 5.91 Å². The van der Waals surface area contributed by atoms with E-state index in [1.807, 2.05) is 43.3 Å². The van der Waals surface area contributed by atoms with Crippen LogP contribution in [-0.2, 0) is 16.1 Å². The second-order valence-corrected chi connectivity index (χ2v) is 12.1. The van der Waals surface area contributed by atoms with Crippen LogP contribution in [0, 0.1) is 11.3 Å². The number of carboxylic acid groups (broad SMARTS) is 2. The van der Waals surface area contributed by atoms with Crippen molar-refractivity contribution in [2.24, 2.45) is 11.3 Å². The summed E-state index contributed by atoms with van der Waals surface area (Å²) in [5, 5.41) is 14.2. The van der Waals surface area contributed by atoms with Gasteiger partial charge in [0.2, 0.25) is 0 Å². The molecule has 47 heavy (non-hydrogen) atoms. The number of ether oxygens (including phenoxy) is 1. The van der Waals surface area contributed by atoms with Crippen molar-refractivity contribution in [1.29, 1.82) is 0 Å². The van der Waals surface area contributed by atoms with Gasteiger partial charge in [-0.2, -0.15) is 26.3 Å². The predicted octanol–water partition coefficient (Wildman–Crippen LogP) is 6.18. The fourth-order valence-electron chi connectivity index (χ4n) is 5.11. The van der Waals surface area contributed by atoms with Crippen molar-refractivity contribution in [2.45, 2.75) is 52.0 Å². The Balaban J connectivity index is 0.000000459. The molecule has 0 atom stereocenters. The number of hydrogen-bond donors (Lipinski definition) is 2. The number of nitrogens with zero attached hydrogens (tertiary/aromatic N) is 3. The van der Waals surface area contributed by atoms with Gasteiger partial charge in [-0.25, -0.2) is 9.59 Å². The molecule has 0 bridgehead atoms. The molecule has 9 nitrogen and oxygen atoms in total. The average Bonchev–Trinajstić information content (AvgIpc) is 3.37. The van der Waals surface area contributed by atoms with E-state index in [1.165, 1.54) is 12.0 Å². The molecule has 4 rings (SSSR count). The summed E-state index contributed by atoms with van der Waals surface area (Å²) < 4.78 is 69.5. The van der Waals surface area contributed by atoms with Gasteiger partial charge in [0.05, 0.1) is 6.61 Å². The van der Waals surface area contributed by atoms with Crippen LogP contribution in [-0.4, -0.2) is 97.1 Å². The summed E-state index contributed by atoms with van der Waals surface area (Å²) >= 11 is 0. The van der Waals surface area contributed by atoms with Crippen LogP contribution in [0.25, 0.3) is 0 Å². The maximum atomic E-state index is 13.0. The van der Waals surface area contributed by atoms with E-state index in [4.69, 9.17) is 24.5 Å². The summed E-state index contributed by atoms with van der Waals surface area (Å²) in [5.74, 6) is -3.80. The fraction of sp³-hybridized carbons (Fsp3) is 0.531. The number of anilines is 1. The van der Waals surface area contributed by atoms with Crippen LogP contribution >= 0.6 is 0 Å². The minimum Gasteiger partial charge on any atom is -0.493 e. The first-order valence-corrected chi connectivity index (χ1v) is 14.8. The molecule has 15 heteroatoms. The molecule has 2 fully saturated rings. The van der Waals surface area contributed by atoms with Crippen molar-refractivity contribution in [2.75, 3.05) is 51.8 Å². The van der Waals surface area contributed by atoms with Crippen LogP contribution in [0.3, 0.4) is 0 Å². The minimum atomic E-state index is -5.08. The van der Waals surface area contributed by atoms with Gasteiger partial charge in [0, 0.05) is 57.1 Å². The predicted molar refractivity (Wildman–Crippen MR) is 162 cm³/mol. The Bertz CT molecular complexity index is 1300. The molecule has 0 unspecified atom stereocenters. The number of carboxylic acids is 2. The first-order valence-electron chi connectivity index (χ1n) is 14.8. The van der Waals surface area contributed by atoms with E-state index in [2.05, 4.69) is 47.9 Å². The molecular formula is C32H41F6N3O6. The Morgan fingerprint density at radius 1 is 0.851 bits per heavy atom. The molecule has 0 saturated carbocycles. The summed E-state index contributed by atoms with van der Waals surface area (Å²) in [6.45, 7) is 10.0. The van der Waals surface area contributed by atoms with Crippen LogP contribution in [0.1, 0.15) is 49.0 Å². The van der Waals surface area contributed by atoms with E-state index in [0.29, 0.717) is 11.3 Å². The molecule has 1 amide bonds. The van der Waals surface area contributed by atoms with Gasteiger partial charge in [0.25, 0.3) is 5.91 Å². The van der Waals surface area contributed by atoms with Gasteiger partial charge >= 0.3 is 24.3 Å². The number of hydrogen-bond acceptors (Lipinski definition) is 6. The molecule has 2 aliphatic rings. The zero-order valence-corrected chi connectivity index (χ0v) is 26.7. The van der Waals surface area contributed by atoms with E-state index < -0.39 is 24.3 Å². The Hall–Kier alpha value is -4.01. The van der Waals surface area contributed by atoms with Crippen molar-refractivity contribution < 1.29 is 55.7 Å². The Labute approximate surface area is 269 Å². The number of carbonyl (C=O) groups excluding carboxylic acids is 1. The van der Waals surface area contributed by atoms with Gasteiger partial charge < -0.3 is 24.7 Å². The first kappa shape index (κ1) is 39.2. The summed E-state index contributed by atoms with van der Waals surface area (Å²) in [5.41, 5.74) is 3.54. The highest BCUT2D eigenvalue weighted by molar-refractivity contribution is 5.94. The van der Waals surface area contributed by atoms with Crippen molar-refractivity contribution in [3.05, 3.63) is 59.7 Å². The number of para-hydroxylation sites is 1. The number of likely N-dealkylation sites (tertiary alicyclic amines) is 2. The number of alkyl halides is 6. The molecular weight excluding hydrogens is 636 g/mol. The maximum Gasteiger partial charge on any atom is 0.490 e. The number of benzene rings is 2. The van der Waals surface area contributed by atoms with Gasteiger partial charge in [-0.15, -0.1) is 0 Å². The molecule has 2 saturated heterocycles. The highest BCUT2D eigenvalue weighted by Gasteiger charge is 2.42. The number of rotatable bonds is 7. The van der Waals surface area contributed by atoms with Crippen LogP contribution in [0.5, 0.6) is 5.75 Å². The van der Waals surface area contributed by atoms with Crippen LogP contribution in [0.2, 0.25) is 0 Å². The molecule has 2 N–H and O–H groups in total. The van der Waals surface area contributed by atoms with Crippen molar-refractivity contribution in [3.8, 4) is 5.75 Å². The molecule has 2 aromatic rings. The summed E-state index contributed by atoms with van der Waals surface area (Å²) in [6, 6.07) is 16.4. The van der Waals surface area contributed by atoms with Gasteiger partial charge in [-0.1, -0.05) is 32.0 Å². The van der Waals surface area contributed by atoms with Gasteiger partial charge in [0.15, 0.2) is 0 Å². The number of halogens is 6. The first-order chi connectivity index (χ1) is 21.7.